The van der Waals surface area contributed by atoms with Crippen molar-refractivity contribution in [1.29, 1.82) is 0 Å². The Balaban J connectivity index is 1.77. The Morgan fingerprint density at radius 2 is 2.00 bits per heavy atom. The summed E-state index contributed by atoms with van der Waals surface area (Å²) in [5.41, 5.74) is 0.974. The summed E-state index contributed by atoms with van der Waals surface area (Å²) in [7, 11) is 0. The first-order chi connectivity index (χ1) is 11.6. The minimum atomic E-state index is -0.437. The molecule has 1 aliphatic heterocycles. The summed E-state index contributed by atoms with van der Waals surface area (Å²) < 4.78 is 10.9. The van der Waals surface area contributed by atoms with Gasteiger partial charge < -0.3 is 25.0 Å². The van der Waals surface area contributed by atoms with Gasteiger partial charge in [0.1, 0.15) is 12.4 Å². The number of thiocarbonyl (C=S) groups is 1. The maximum Gasteiger partial charge on any atom is 0.412 e. The van der Waals surface area contributed by atoms with Gasteiger partial charge in [-0.25, -0.2) is 4.79 Å². The van der Waals surface area contributed by atoms with Gasteiger partial charge in [-0.2, -0.15) is 0 Å². The number of amides is 1. The van der Waals surface area contributed by atoms with Crippen LogP contribution in [-0.2, 0) is 11.3 Å². The number of benzene rings is 1. The Bertz CT molecular complexity index is 545. The summed E-state index contributed by atoms with van der Waals surface area (Å²) in [6.07, 6.45) is 0.423. The predicted molar refractivity (Wildman–Crippen MR) is 97.2 cm³/mol. The average Bonchev–Trinajstić information content (AvgIpc) is 2.61. The highest BCUT2D eigenvalue weighted by Gasteiger charge is 2.14. The molecule has 132 valence electrons. The molecule has 24 heavy (non-hydrogen) atoms. The van der Waals surface area contributed by atoms with Gasteiger partial charge in [0.25, 0.3) is 5.17 Å². The molecule has 1 aromatic carbocycles. The Hall–Kier alpha value is -1.86. The Kier molecular flexibility index (Phi) is 7.27. The predicted octanol–water partition coefficient (Wildman–Crippen LogP) is 2.28. The fraction of sp³-hybridized carbons (Fsp3) is 0.529. The van der Waals surface area contributed by atoms with Crippen LogP contribution in [0.1, 0.15) is 25.8 Å². The number of piperazine rings is 1. The fourth-order valence-corrected chi connectivity index (χ4v) is 2.42. The van der Waals surface area contributed by atoms with E-state index in [0.717, 1.165) is 38.2 Å². The van der Waals surface area contributed by atoms with E-state index in [4.69, 9.17) is 21.7 Å². The number of hydrogen-bond acceptors (Lipinski definition) is 5. The van der Waals surface area contributed by atoms with Crippen molar-refractivity contribution in [1.82, 2.24) is 15.5 Å². The fourth-order valence-electron chi connectivity index (χ4n) is 2.18. The van der Waals surface area contributed by atoms with E-state index in [1.165, 1.54) is 0 Å². The van der Waals surface area contributed by atoms with Crippen molar-refractivity contribution < 1.29 is 14.3 Å². The van der Waals surface area contributed by atoms with Crippen LogP contribution < -0.4 is 15.4 Å². The second-order valence-corrected chi connectivity index (χ2v) is 6.13. The maximum absolute atomic E-state index is 11.7. The summed E-state index contributed by atoms with van der Waals surface area (Å²) in [5, 5.41) is 6.56. The third-order valence-corrected chi connectivity index (χ3v) is 4.22. The van der Waals surface area contributed by atoms with Gasteiger partial charge in [0.2, 0.25) is 0 Å². The van der Waals surface area contributed by atoms with E-state index in [-0.39, 0.29) is 6.04 Å². The second kappa shape index (κ2) is 9.44. The summed E-state index contributed by atoms with van der Waals surface area (Å²) in [5.74, 6) is 0.504. The molecule has 1 aliphatic rings. The third kappa shape index (κ3) is 5.98. The molecule has 0 bridgehead atoms. The van der Waals surface area contributed by atoms with Crippen LogP contribution in [0.3, 0.4) is 0 Å². The Labute approximate surface area is 148 Å². The van der Waals surface area contributed by atoms with Crippen LogP contribution in [-0.4, -0.2) is 48.4 Å². The molecule has 0 aliphatic carbocycles. The number of ether oxygens (including phenoxy) is 2. The van der Waals surface area contributed by atoms with Crippen molar-refractivity contribution in [3.63, 3.8) is 0 Å². The maximum atomic E-state index is 11.7. The van der Waals surface area contributed by atoms with E-state index in [0.29, 0.717) is 17.5 Å². The number of rotatable bonds is 5. The molecule has 1 fully saturated rings. The zero-order valence-corrected chi connectivity index (χ0v) is 15.0. The highest BCUT2D eigenvalue weighted by atomic mass is 32.1. The molecule has 0 aromatic heterocycles. The molecule has 2 N–H and O–H groups in total. The van der Waals surface area contributed by atoms with Gasteiger partial charge >= 0.3 is 6.09 Å². The highest BCUT2D eigenvalue weighted by Crippen LogP contribution is 2.14. The van der Waals surface area contributed by atoms with Crippen molar-refractivity contribution in [2.45, 2.75) is 32.9 Å². The zero-order chi connectivity index (χ0) is 17.4. The minimum Gasteiger partial charge on any atom is -0.466 e. The summed E-state index contributed by atoms with van der Waals surface area (Å²) in [6, 6.07) is 7.33. The SMILES string of the molecule is CC[C@H](C)NC(=O)Oc1ccc(COC(=S)N2CCNCC2)cc1. The van der Waals surface area contributed by atoms with E-state index in [9.17, 15) is 4.79 Å². The van der Waals surface area contributed by atoms with Crippen molar-refractivity contribution in [2.75, 3.05) is 26.2 Å². The van der Waals surface area contributed by atoms with Gasteiger partial charge in [-0.05, 0) is 43.3 Å². The highest BCUT2D eigenvalue weighted by molar-refractivity contribution is 7.80. The lowest BCUT2D eigenvalue weighted by atomic mass is 10.2. The smallest absolute Gasteiger partial charge is 0.412 e. The van der Waals surface area contributed by atoms with Crippen molar-refractivity contribution >= 4 is 23.5 Å². The lowest BCUT2D eigenvalue weighted by Gasteiger charge is -2.28. The molecule has 2 rings (SSSR count). The molecule has 1 saturated heterocycles. The van der Waals surface area contributed by atoms with Gasteiger partial charge in [0, 0.05) is 32.2 Å². The van der Waals surface area contributed by atoms with Crippen LogP contribution in [0.15, 0.2) is 24.3 Å². The minimum absolute atomic E-state index is 0.0937. The lowest BCUT2D eigenvalue weighted by molar-refractivity contribution is 0.196. The zero-order valence-electron chi connectivity index (χ0n) is 14.2. The first kappa shape index (κ1) is 18.5. The van der Waals surface area contributed by atoms with Gasteiger partial charge in [-0.3, -0.25) is 0 Å². The van der Waals surface area contributed by atoms with Crippen LogP contribution in [0.2, 0.25) is 0 Å². The molecule has 7 heteroatoms. The molecule has 6 nitrogen and oxygen atoms in total. The molecule has 1 aromatic rings. The number of nitrogens with zero attached hydrogens (tertiary/aromatic N) is 1. The molecular formula is C17H25N3O3S. The normalized spacial score (nSPS) is 15.5. The quantitative estimate of drug-likeness (QED) is 0.794. The second-order valence-electron chi connectivity index (χ2n) is 5.78. The Morgan fingerprint density at radius 3 is 2.62 bits per heavy atom. The number of nitrogens with one attached hydrogen (secondary N) is 2. The lowest BCUT2D eigenvalue weighted by Crippen LogP contribution is -2.46. The molecule has 1 atom stereocenters. The van der Waals surface area contributed by atoms with E-state index < -0.39 is 6.09 Å². The van der Waals surface area contributed by atoms with Crippen molar-refractivity contribution in [3.8, 4) is 5.75 Å². The van der Waals surface area contributed by atoms with Gasteiger partial charge in [-0.15, -0.1) is 0 Å². The number of carbonyl (C=O) groups is 1. The van der Waals surface area contributed by atoms with Crippen LogP contribution in [0.4, 0.5) is 4.79 Å². The molecule has 1 amide bonds. The van der Waals surface area contributed by atoms with Crippen LogP contribution >= 0.6 is 12.2 Å². The van der Waals surface area contributed by atoms with Crippen LogP contribution in [0, 0.1) is 0 Å². The molecule has 0 unspecified atom stereocenters. The van der Waals surface area contributed by atoms with E-state index in [2.05, 4.69) is 15.5 Å². The molecule has 1 heterocycles. The topological polar surface area (TPSA) is 62.8 Å². The monoisotopic (exact) mass is 351 g/mol. The van der Waals surface area contributed by atoms with Crippen LogP contribution in [0.25, 0.3) is 0 Å². The Morgan fingerprint density at radius 1 is 1.33 bits per heavy atom. The molecule has 0 radical (unpaired) electrons. The first-order valence-electron chi connectivity index (χ1n) is 8.28. The molecule has 0 spiro atoms. The first-order valence-corrected chi connectivity index (χ1v) is 8.69. The molecular weight excluding hydrogens is 326 g/mol. The van der Waals surface area contributed by atoms with E-state index in [1.807, 2.05) is 26.0 Å². The van der Waals surface area contributed by atoms with Gasteiger partial charge in [0.15, 0.2) is 0 Å². The number of carbonyl (C=O) groups excluding carboxylic acids is 1. The average molecular weight is 351 g/mol. The summed E-state index contributed by atoms with van der Waals surface area (Å²) in [4.78, 5) is 13.7. The van der Waals surface area contributed by atoms with Gasteiger partial charge in [-0.1, -0.05) is 19.1 Å². The van der Waals surface area contributed by atoms with Crippen molar-refractivity contribution in [2.24, 2.45) is 0 Å². The largest absolute Gasteiger partial charge is 0.466 e. The summed E-state index contributed by atoms with van der Waals surface area (Å²) >= 11 is 5.31. The van der Waals surface area contributed by atoms with Crippen LogP contribution in [0.5, 0.6) is 5.75 Å². The summed E-state index contributed by atoms with van der Waals surface area (Å²) in [6.45, 7) is 7.94. The third-order valence-electron chi connectivity index (χ3n) is 3.85. The van der Waals surface area contributed by atoms with E-state index >= 15 is 0 Å². The van der Waals surface area contributed by atoms with Crippen molar-refractivity contribution in [3.05, 3.63) is 29.8 Å². The standard InChI is InChI=1S/C17H25N3O3S/c1-3-13(2)19-16(21)23-15-6-4-14(5-7-15)12-22-17(24)20-10-8-18-9-11-20/h4-7,13,18H,3,8-12H2,1-2H3,(H,19,21)/t13-/m0/s1. The van der Waals surface area contributed by atoms with Gasteiger partial charge in [0.05, 0.1) is 0 Å². The molecule has 0 saturated carbocycles. The number of hydrogen-bond donors (Lipinski definition) is 2. The van der Waals surface area contributed by atoms with E-state index in [1.54, 1.807) is 12.1 Å².